The first-order valence-corrected chi connectivity index (χ1v) is 9.09. The number of ether oxygens (including phenoxy) is 2. The van der Waals surface area contributed by atoms with Crippen LogP contribution in [0.1, 0.15) is 29.8 Å². The van der Waals surface area contributed by atoms with Gasteiger partial charge in [0.25, 0.3) is 5.91 Å². The van der Waals surface area contributed by atoms with Gasteiger partial charge in [0.15, 0.2) is 11.5 Å². The zero-order chi connectivity index (χ0) is 17.7. The highest BCUT2D eigenvalue weighted by atomic mass is 127. The highest BCUT2D eigenvalue weighted by Crippen LogP contribution is 2.35. The first-order valence-electron chi connectivity index (χ1n) is 7.63. The highest BCUT2D eigenvalue weighted by molar-refractivity contribution is 14.1. The van der Waals surface area contributed by atoms with Crippen molar-refractivity contribution in [2.24, 2.45) is 0 Å². The van der Waals surface area contributed by atoms with Crippen molar-refractivity contribution >= 4 is 45.8 Å². The van der Waals surface area contributed by atoms with E-state index in [4.69, 9.17) is 21.1 Å². The molecule has 0 aromatic heterocycles. The van der Waals surface area contributed by atoms with Crippen LogP contribution in [-0.2, 0) is 0 Å². The highest BCUT2D eigenvalue weighted by Gasteiger charge is 2.17. The van der Waals surface area contributed by atoms with Crippen molar-refractivity contribution in [1.29, 1.82) is 0 Å². The van der Waals surface area contributed by atoms with Crippen molar-refractivity contribution in [3.8, 4) is 11.5 Å². The van der Waals surface area contributed by atoms with Crippen molar-refractivity contribution in [3.05, 3.63) is 50.1 Å². The molecule has 2 aromatic carbocycles. The van der Waals surface area contributed by atoms with Gasteiger partial charge >= 0.3 is 0 Å². The van der Waals surface area contributed by atoms with Crippen molar-refractivity contribution < 1.29 is 14.3 Å². The Morgan fingerprint density at radius 2 is 1.92 bits per heavy atom. The molecule has 0 saturated heterocycles. The normalized spacial score (nSPS) is 10.4. The number of rotatable bonds is 6. The smallest absolute Gasteiger partial charge is 0.255 e. The minimum Gasteiger partial charge on any atom is -0.490 e. The molecule has 0 aliphatic rings. The molecule has 0 aliphatic heterocycles. The predicted octanol–water partition coefficient (Wildman–Crippen LogP) is 5.30. The van der Waals surface area contributed by atoms with Crippen molar-refractivity contribution in [2.45, 2.75) is 20.8 Å². The van der Waals surface area contributed by atoms with Gasteiger partial charge in [-0.25, -0.2) is 0 Å². The maximum Gasteiger partial charge on any atom is 0.255 e. The van der Waals surface area contributed by atoms with E-state index in [1.54, 1.807) is 18.2 Å². The Morgan fingerprint density at radius 3 is 2.54 bits per heavy atom. The van der Waals surface area contributed by atoms with Gasteiger partial charge in [0, 0.05) is 5.56 Å². The van der Waals surface area contributed by atoms with E-state index in [9.17, 15) is 4.79 Å². The Morgan fingerprint density at radius 1 is 1.21 bits per heavy atom. The largest absolute Gasteiger partial charge is 0.490 e. The van der Waals surface area contributed by atoms with Crippen LogP contribution in [0.2, 0.25) is 5.02 Å². The van der Waals surface area contributed by atoms with E-state index in [1.165, 1.54) is 0 Å². The molecule has 24 heavy (non-hydrogen) atoms. The molecule has 0 fully saturated rings. The predicted molar refractivity (Wildman–Crippen MR) is 106 cm³/mol. The molecule has 0 atom stereocenters. The molecular formula is C18H19ClINO3. The van der Waals surface area contributed by atoms with Crippen LogP contribution < -0.4 is 14.8 Å². The van der Waals surface area contributed by atoms with Crippen LogP contribution in [0.4, 0.5) is 5.69 Å². The van der Waals surface area contributed by atoms with Gasteiger partial charge in [-0.1, -0.05) is 23.7 Å². The Labute approximate surface area is 160 Å². The summed E-state index contributed by atoms with van der Waals surface area (Å²) in [7, 11) is 0. The minimum absolute atomic E-state index is 0.242. The summed E-state index contributed by atoms with van der Waals surface area (Å²) in [6.45, 7) is 6.72. The molecule has 1 N–H and O–H groups in total. The summed E-state index contributed by atoms with van der Waals surface area (Å²) in [6.07, 6.45) is 0. The molecule has 0 unspecified atom stereocenters. The van der Waals surface area contributed by atoms with E-state index in [-0.39, 0.29) is 5.91 Å². The zero-order valence-electron chi connectivity index (χ0n) is 13.8. The van der Waals surface area contributed by atoms with E-state index < -0.39 is 0 Å². The lowest BCUT2D eigenvalue weighted by Gasteiger charge is -2.15. The number of carbonyl (C=O) groups excluding carboxylic acids is 1. The second-order valence-corrected chi connectivity index (χ2v) is 6.61. The van der Waals surface area contributed by atoms with E-state index in [0.29, 0.717) is 41.0 Å². The molecule has 0 spiro atoms. The van der Waals surface area contributed by atoms with E-state index >= 15 is 0 Å². The second-order valence-electron chi connectivity index (χ2n) is 5.04. The van der Waals surface area contributed by atoms with Gasteiger partial charge in [0.1, 0.15) is 0 Å². The number of halogens is 2. The van der Waals surface area contributed by atoms with Gasteiger partial charge in [0.05, 0.1) is 27.5 Å². The fraction of sp³-hybridized carbons (Fsp3) is 0.278. The molecule has 4 nitrogen and oxygen atoms in total. The molecule has 2 rings (SSSR count). The molecule has 0 aliphatic carbocycles. The van der Waals surface area contributed by atoms with Crippen molar-refractivity contribution in [1.82, 2.24) is 0 Å². The topological polar surface area (TPSA) is 47.6 Å². The van der Waals surface area contributed by atoms with Gasteiger partial charge in [-0.15, -0.1) is 0 Å². The zero-order valence-corrected chi connectivity index (χ0v) is 16.7. The fourth-order valence-corrected chi connectivity index (χ4v) is 3.25. The van der Waals surface area contributed by atoms with E-state index in [1.807, 2.05) is 32.9 Å². The molecular weight excluding hydrogens is 441 g/mol. The lowest BCUT2D eigenvalue weighted by Crippen LogP contribution is -2.14. The maximum atomic E-state index is 12.6. The molecule has 2 aromatic rings. The van der Waals surface area contributed by atoms with Gasteiger partial charge in [0.2, 0.25) is 0 Å². The summed E-state index contributed by atoms with van der Waals surface area (Å²) in [4.78, 5) is 12.6. The monoisotopic (exact) mass is 459 g/mol. The molecule has 0 saturated carbocycles. The third-order valence-electron chi connectivity index (χ3n) is 3.32. The number of para-hydroxylation sites is 1. The number of nitrogens with one attached hydrogen (secondary N) is 1. The number of aryl methyl sites for hydroxylation is 1. The summed E-state index contributed by atoms with van der Waals surface area (Å²) in [5.41, 5.74) is 2.01. The Kier molecular flexibility index (Phi) is 6.74. The number of hydrogen-bond donors (Lipinski definition) is 1. The molecule has 1 amide bonds. The quantitative estimate of drug-likeness (QED) is 0.596. The van der Waals surface area contributed by atoms with Gasteiger partial charge in [-0.05, 0) is 67.1 Å². The Hall–Kier alpha value is -1.47. The summed E-state index contributed by atoms with van der Waals surface area (Å²) < 4.78 is 12.1. The van der Waals surface area contributed by atoms with Crippen LogP contribution in [0.5, 0.6) is 11.5 Å². The number of anilines is 1. The minimum atomic E-state index is -0.242. The average Bonchev–Trinajstić information content (AvgIpc) is 2.54. The molecule has 0 bridgehead atoms. The number of hydrogen-bond acceptors (Lipinski definition) is 3. The van der Waals surface area contributed by atoms with Crippen LogP contribution in [0, 0.1) is 10.5 Å². The molecule has 6 heteroatoms. The standard InChI is InChI=1S/C18H19ClINO3/c1-4-23-15-10-12(9-14(20)17(15)24-5-2)18(22)21-16-11(3)7-6-8-13(16)19/h6-10H,4-5H2,1-3H3,(H,21,22). The lowest BCUT2D eigenvalue weighted by atomic mass is 10.1. The van der Waals surface area contributed by atoms with E-state index in [2.05, 4.69) is 27.9 Å². The van der Waals surface area contributed by atoms with Crippen LogP contribution in [-0.4, -0.2) is 19.1 Å². The number of carbonyl (C=O) groups is 1. The third kappa shape index (κ3) is 4.33. The van der Waals surface area contributed by atoms with Gasteiger partial charge in [-0.2, -0.15) is 0 Å². The average molecular weight is 460 g/mol. The molecule has 0 heterocycles. The first-order chi connectivity index (χ1) is 11.5. The summed E-state index contributed by atoms with van der Waals surface area (Å²) in [5.74, 6) is 0.978. The lowest BCUT2D eigenvalue weighted by molar-refractivity contribution is 0.102. The van der Waals surface area contributed by atoms with E-state index in [0.717, 1.165) is 9.13 Å². The molecule has 128 valence electrons. The first kappa shape index (κ1) is 18.9. The Balaban J connectivity index is 2.36. The van der Waals surface area contributed by atoms with Gasteiger partial charge < -0.3 is 14.8 Å². The third-order valence-corrected chi connectivity index (χ3v) is 4.44. The second kappa shape index (κ2) is 8.58. The van der Waals surface area contributed by atoms with Crippen LogP contribution in [0.25, 0.3) is 0 Å². The van der Waals surface area contributed by atoms with Gasteiger partial charge in [-0.3, -0.25) is 4.79 Å². The Bertz CT molecular complexity index is 729. The summed E-state index contributed by atoms with van der Waals surface area (Å²) in [5, 5.41) is 3.38. The summed E-state index contributed by atoms with van der Waals surface area (Å²) >= 11 is 8.32. The van der Waals surface area contributed by atoms with Crippen LogP contribution in [0.3, 0.4) is 0 Å². The number of benzene rings is 2. The fourth-order valence-electron chi connectivity index (χ4n) is 2.22. The number of amides is 1. The van der Waals surface area contributed by atoms with Crippen molar-refractivity contribution in [2.75, 3.05) is 18.5 Å². The van der Waals surface area contributed by atoms with Crippen molar-refractivity contribution in [3.63, 3.8) is 0 Å². The van der Waals surface area contributed by atoms with Crippen LogP contribution >= 0.6 is 34.2 Å². The SMILES string of the molecule is CCOc1cc(C(=O)Nc2c(C)cccc2Cl)cc(I)c1OCC. The summed E-state index contributed by atoms with van der Waals surface area (Å²) in [6, 6.07) is 8.96. The maximum absolute atomic E-state index is 12.6. The molecule has 0 radical (unpaired) electrons. The van der Waals surface area contributed by atoms with Crippen LogP contribution in [0.15, 0.2) is 30.3 Å².